The van der Waals surface area contributed by atoms with E-state index in [1.54, 1.807) is 0 Å². The van der Waals surface area contributed by atoms with Crippen molar-refractivity contribution in [1.82, 2.24) is 5.32 Å². The van der Waals surface area contributed by atoms with Crippen LogP contribution in [0.1, 0.15) is 19.8 Å². The summed E-state index contributed by atoms with van der Waals surface area (Å²) in [6.07, 6.45) is 2.22. The molecule has 2 heteroatoms. The molecule has 0 radical (unpaired) electrons. The number of rotatable bonds is 0. The molecule has 2 fully saturated rings. The van der Waals surface area contributed by atoms with Crippen LogP contribution < -0.4 is 5.32 Å². The summed E-state index contributed by atoms with van der Waals surface area (Å²) in [4.78, 5) is 10.9. The molecule has 1 aliphatic carbocycles. The molecule has 2 nitrogen and oxygen atoms in total. The number of nitrogens with one attached hydrogen (secondary N) is 1. The molecule has 1 amide bonds. The van der Waals surface area contributed by atoms with E-state index in [0.717, 1.165) is 18.8 Å². The van der Waals surface area contributed by atoms with E-state index < -0.39 is 0 Å². The molecule has 2 bridgehead atoms. The number of fused-ring (bicyclic) bond motifs is 2. The topological polar surface area (TPSA) is 29.1 Å². The van der Waals surface area contributed by atoms with Crippen molar-refractivity contribution in [2.45, 2.75) is 25.8 Å². The van der Waals surface area contributed by atoms with Crippen molar-refractivity contribution < 1.29 is 4.79 Å². The lowest BCUT2D eigenvalue weighted by Gasteiger charge is -2.17. The van der Waals surface area contributed by atoms with Gasteiger partial charge >= 0.3 is 0 Å². The van der Waals surface area contributed by atoms with Crippen LogP contribution in [0.3, 0.4) is 0 Å². The molecule has 1 saturated carbocycles. The Balaban J connectivity index is 2.19. The summed E-state index contributed by atoms with van der Waals surface area (Å²) in [7, 11) is 0. The number of carbonyl (C=O) groups excluding carboxylic acids is 1. The van der Waals surface area contributed by atoms with E-state index >= 15 is 0 Å². The highest BCUT2D eigenvalue weighted by Crippen LogP contribution is 2.35. The van der Waals surface area contributed by atoms with Gasteiger partial charge in [0.2, 0.25) is 5.91 Å². The number of hydrogen-bond donors (Lipinski definition) is 1. The third-order valence-electron chi connectivity index (χ3n) is 2.58. The Labute approximate surface area is 54.6 Å². The van der Waals surface area contributed by atoms with E-state index in [1.807, 2.05) is 0 Å². The van der Waals surface area contributed by atoms with Crippen molar-refractivity contribution in [1.29, 1.82) is 0 Å². The number of amides is 1. The normalized spacial score (nSPS) is 47.7. The number of carbonyl (C=O) groups is 1. The maximum atomic E-state index is 10.9. The van der Waals surface area contributed by atoms with Gasteiger partial charge in [-0.25, -0.2) is 0 Å². The van der Waals surface area contributed by atoms with Crippen LogP contribution in [0, 0.1) is 11.8 Å². The molecule has 1 saturated heterocycles. The minimum atomic E-state index is 0.290. The van der Waals surface area contributed by atoms with Gasteiger partial charge in [0.15, 0.2) is 0 Å². The van der Waals surface area contributed by atoms with Crippen LogP contribution in [0.4, 0.5) is 0 Å². The molecule has 3 atom stereocenters. The fourth-order valence-electron chi connectivity index (χ4n) is 1.96. The fourth-order valence-corrected chi connectivity index (χ4v) is 1.96. The number of hydrogen-bond acceptors (Lipinski definition) is 1. The molecule has 0 aromatic rings. The molecular weight excluding hydrogens is 114 g/mol. The van der Waals surface area contributed by atoms with Crippen molar-refractivity contribution in [3.8, 4) is 0 Å². The van der Waals surface area contributed by atoms with Gasteiger partial charge < -0.3 is 5.32 Å². The van der Waals surface area contributed by atoms with Gasteiger partial charge in [-0.15, -0.1) is 0 Å². The van der Waals surface area contributed by atoms with E-state index in [-0.39, 0.29) is 5.91 Å². The molecule has 50 valence electrons. The van der Waals surface area contributed by atoms with Crippen LogP contribution in [0.5, 0.6) is 0 Å². The zero-order chi connectivity index (χ0) is 6.43. The van der Waals surface area contributed by atoms with E-state index in [1.165, 1.54) is 0 Å². The van der Waals surface area contributed by atoms with Gasteiger partial charge in [0, 0.05) is 12.0 Å². The maximum absolute atomic E-state index is 10.9. The van der Waals surface area contributed by atoms with E-state index in [0.29, 0.717) is 12.0 Å². The zero-order valence-electron chi connectivity index (χ0n) is 5.55. The summed E-state index contributed by atoms with van der Waals surface area (Å²) in [5.74, 6) is 1.38. The number of piperidine rings is 1. The minimum Gasteiger partial charge on any atom is -0.353 e. The fraction of sp³-hybridized carbons (Fsp3) is 0.857. The van der Waals surface area contributed by atoms with Crippen molar-refractivity contribution in [2.75, 3.05) is 0 Å². The van der Waals surface area contributed by atoms with Gasteiger partial charge in [-0.05, 0) is 18.8 Å². The van der Waals surface area contributed by atoms with Crippen molar-refractivity contribution in [3.63, 3.8) is 0 Å². The second-order valence-corrected chi connectivity index (χ2v) is 3.26. The first-order valence-corrected chi connectivity index (χ1v) is 3.58. The molecule has 1 heterocycles. The Hall–Kier alpha value is -0.530. The summed E-state index contributed by atoms with van der Waals surface area (Å²) in [5.41, 5.74) is 0. The molecule has 1 aliphatic heterocycles. The van der Waals surface area contributed by atoms with E-state index in [2.05, 4.69) is 12.2 Å². The monoisotopic (exact) mass is 125 g/mol. The van der Waals surface area contributed by atoms with Crippen LogP contribution in [-0.2, 0) is 4.79 Å². The van der Waals surface area contributed by atoms with Gasteiger partial charge in [-0.2, -0.15) is 0 Å². The molecule has 2 aliphatic rings. The van der Waals surface area contributed by atoms with Gasteiger partial charge in [-0.3, -0.25) is 4.79 Å². The Kier molecular flexibility index (Phi) is 0.875. The highest BCUT2D eigenvalue weighted by molar-refractivity contribution is 5.82. The average Bonchev–Trinajstić information content (AvgIpc) is 2.24. The summed E-state index contributed by atoms with van der Waals surface area (Å²) in [6, 6.07) is 0.516. The third kappa shape index (κ3) is 0.590. The second-order valence-electron chi connectivity index (χ2n) is 3.26. The molecule has 1 unspecified atom stereocenters. The lowest BCUT2D eigenvalue weighted by Crippen LogP contribution is -2.35. The Morgan fingerprint density at radius 2 is 2.33 bits per heavy atom. The van der Waals surface area contributed by atoms with E-state index in [9.17, 15) is 4.79 Å². The predicted octanol–water partition coefficient (Wildman–Crippen LogP) is 0.531. The standard InChI is InChI=1S/C7H11NO/c1-4-2-5-3-6(4)8-7(5)9/h4-6H,2-3H2,1H3,(H,8,9)/t4-,5?,6-/m1/s1. The van der Waals surface area contributed by atoms with Crippen LogP contribution in [0.15, 0.2) is 0 Å². The SMILES string of the molecule is C[C@@H]1CC2C[C@H]1NC2=O. The first kappa shape index (κ1) is 5.27. The van der Waals surface area contributed by atoms with Crippen molar-refractivity contribution >= 4 is 5.91 Å². The van der Waals surface area contributed by atoms with Crippen LogP contribution in [0.2, 0.25) is 0 Å². The highest BCUT2D eigenvalue weighted by atomic mass is 16.2. The largest absolute Gasteiger partial charge is 0.353 e. The maximum Gasteiger partial charge on any atom is 0.223 e. The van der Waals surface area contributed by atoms with Crippen LogP contribution in [-0.4, -0.2) is 11.9 Å². The van der Waals surface area contributed by atoms with Crippen LogP contribution >= 0.6 is 0 Å². The first-order valence-electron chi connectivity index (χ1n) is 3.58. The average molecular weight is 125 g/mol. The first-order chi connectivity index (χ1) is 4.27. The van der Waals surface area contributed by atoms with Gasteiger partial charge in [-0.1, -0.05) is 6.92 Å². The second kappa shape index (κ2) is 1.49. The van der Waals surface area contributed by atoms with Gasteiger partial charge in [0.25, 0.3) is 0 Å². The molecule has 9 heavy (non-hydrogen) atoms. The van der Waals surface area contributed by atoms with Gasteiger partial charge in [0.05, 0.1) is 0 Å². The predicted molar refractivity (Wildman–Crippen MR) is 33.8 cm³/mol. The quantitative estimate of drug-likeness (QED) is 0.502. The summed E-state index contributed by atoms with van der Waals surface area (Å²) in [5, 5.41) is 2.96. The molecule has 0 aromatic carbocycles. The minimum absolute atomic E-state index is 0.290. The third-order valence-corrected chi connectivity index (χ3v) is 2.58. The molecule has 0 spiro atoms. The smallest absolute Gasteiger partial charge is 0.223 e. The highest BCUT2D eigenvalue weighted by Gasteiger charge is 2.42. The Morgan fingerprint density at radius 1 is 1.56 bits per heavy atom. The molecule has 1 N–H and O–H groups in total. The zero-order valence-corrected chi connectivity index (χ0v) is 5.55. The Morgan fingerprint density at radius 3 is 2.67 bits per heavy atom. The van der Waals surface area contributed by atoms with Crippen molar-refractivity contribution in [3.05, 3.63) is 0 Å². The summed E-state index contributed by atoms with van der Waals surface area (Å²) in [6.45, 7) is 2.21. The summed E-state index contributed by atoms with van der Waals surface area (Å²) < 4.78 is 0. The summed E-state index contributed by atoms with van der Waals surface area (Å²) >= 11 is 0. The lowest BCUT2D eigenvalue weighted by atomic mass is 10.0. The Bertz CT molecular complexity index is 153. The molecular formula is C7H11NO. The lowest BCUT2D eigenvalue weighted by molar-refractivity contribution is -0.124. The van der Waals surface area contributed by atoms with Crippen molar-refractivity contribution in [2.24, 2.45) is 11.8 Å². The molecule has 0 aromatic heterocycles. The molecule has 2 rings (SSSR count). The van der Waals surface area contributed by atoms with Crippen LogP contribution in [0.25, 0.3) is 0 Å². The van der Waals surface area contributed by atoms with Gasteiger partial charge in [0.1, 0.15) is 0 Å². The van der Waals surface area contributed by atoms with E-state index in [4.69, 9.17) is 0 Å².